The number of thiazole rings is 1. The summed E-state index contributed by atoms with van der Waals surface area (Å²) in [5.41, 5.74) is 8.30. The minimum atomic E-state index is -0.900. The molecule has 0 bridgehead atoms. The second kappa shape index (κ2) is 8.74. The molecule has 5 rings (SSSR count). The number of nitrogens with one attached hydrogen (secondary N) is 3. The van der Waals surface area contributed by atoms with Gasteiger partial charge in [-0.05, 0) is 38.0 Å². The van der Waals surface area contributed by atoms with E-state index in [2.05, 4.69) is 70.0 Å². The van der Waals surface area contributed by atoms with Crippen molar-refractivity contribution in [1.29, 1.82) is 0 Å². The van der Waals surface area contributed by atoms with Gasteiger partial charge in [0.1, 0.15) is 0 Å². The average Bonchev–Trinajstić information content (AvgIpc) is 3.24. The Kier molecular flexibility index (Phi) is 5.77. The van der Waals surface area contributed by atoms with Crippen molar-refractivity contribution >= 4 is 33.5 Å². The number of hydrogen-bond acceptors (Lipinski definition) is 9. The molecule has 2 aliphatic heterocycles. The molecule has 0 saturated carbocycles. The van der Waals surface area contributed by atoms with Crippen LogP contribution in [0.1, 0.15) is 24.4 Å². The molecule has 33 heavy (non-hydrogen) atoms. The van der Waals surface area contributed by atoms with Crippen LogP contribution in [0.25, 0.3) is 10.2 Å². The highest BCUT2D eigenvalue weighted by Gasteiger charge is 2.45. The average molecular weight is 463 g/mol. The van der Waals surface area contributed by atoms with E-state index in [1.807, 2.05) is 24.3 Å². The monoisotopic (exact) mass is 462 g/mol. The van der Waals surface area contributed by atoms with E-state index in [9.17, 15) is 0 Å². The van der Waals surface area contributed by atoms with Crippen LogP contribution in [0.3, 0.4) is 0 Å². The first-order valence-electron chi connectivity index (χ1n) is 11.3. The largest absolute Gasteiger partial charge is 0.369 e. The van der Waals surface area contributed by atoms with Gasteiger partial charge in [-0.2, -0.15) is 4.99 Å². The van der Waals surface area contributed by atoms with Crippen LogP contribution in [0.2, 0.25) is 0 Å². The van der Waals surface area contributed by atoms with Gasteiger partial charge in [-0.25, -0.2) is 9.98 Å². The Hall–Kier alpha value is -3.01. The first-order valence-corrected chi connectivity index (χ1v) is 12.1. The third-order valence-electron chi connectivity index (χ3n) is 5.90. The number of aliphatic imine (C=N–C) groups is 2. The molecule has 0 radical (unpaired) electrons. The van der Waals surface area contributed by atoms with Gasteiger partial charge in [0, 0.05) is 31.7 Å². The van der Waals surface area contributed by atoms with Crippen LogP contribution in [0.5, 0.6) is 0 Å². The molecule has 172 valence electrons. The van der Waals surface area contributed by atoms with Crippen LogP contribution in [0.15, 0.2) is 64.6 Å². The quantitative estimate of drug-likeness (QED) is 0.464. The van der Waals surface area contributed by atoms with Gasteiger partial charge in [0.2, 0.25) is 11.7 Å². The first-order chi connectivity index (χ1) is 15.9. The van der Waals surface area contributed by atoms with E-state index in [4.69, 9.17) is 15.7 Å². The Bertz CT molecular complexity index is 1150. The van der Waals surface area contributed by atoms with Crippen molar-refractivity contribution < 1.29 is 0 Å². The number of aromatic nitrogens is 1. The van der Waals surface area contributed by atoms with E-state index in [1.165, 1.54) is 5.56 Å². The molecule has 0 spiro atoms. The maximum absolute atomic E-state index is 6.36. The third-order valence-corrected chi connectivity index (χ3v) is 7.04. The Balaban J connectivity index is 1.53. The van der Waals surface area contributed by atoms with Crippen molar-refractivity contribution in [2.75, 3.05) is 26.2 Å². The number of fused-ring (bicyclic) bond motifs is 1. The summed E-state index contributed by atoms with van der Waals surface area (Å²) >= 11 is 1.64. The molecule has 1 atom stereocenters. The van der Waals surface area contributed by atoms with Gasteiger partial charge in [0.25, 0.3) is 0 Å². The zero-order valence-corrected chi connectivity index (χ0v) is 19.8. The molecule has 5 N–H and O–H groups in total. The van der Waals surface area contributed by atoms with Crippen molar-refractivity contribution in [3.05, 3.63) is 65.2 Å². The number of nitrogens with two attached hydrogens (primary N) is 1. The summed E-state index contributed by atoms with van der Waals surface area (Å²) in [5.74, 6) is -0.0475. The lowest BCUT2D eigenvalue weighted by atomic mass is 9.95. The van der Waals surface area contributed by atoms with Gasteiger partial charge in [-0.1, -0.05) is 42.5 Å². The standard InChI is InChI=1S/C24H30N8S/c1-23(2,16-17-8-4-3-5-9-17)30-22-28-21(25)29-24(31-22,32-14-12-26-13-15-32)20-27-18-10-6-7-11-19(18)33-20/h3-11,26H,12-16H2,1-2H3,(H4,25,28,29,30,31). The van der Waals surface area contributed by atoms with Crippen molar-refractivity contribution in [1.82, 2.24) is 25.8 Å². The highest BCUT2D eigenvalue weighted by molar-refractivity contribution is 7.18. The SMILES string of the molecule is CC(C)(Cc1ccccc1)NC1=NC(c2nc3ccccc3s2)(N2CCNCC2)NC(N)=N1. The van der Waals surface area contributed by atoms with Gasteiger partial charge in [0.05, 0.1) is 10.2 Å². The smallest absolute Gasteiger partial charge is 0.247 e. The number of nitrogens with zero attached hydrogens (tertiary/aromatic N) is 4. The van der Waals surface area contributed by atoms with Crippen LogP contribution in [-0.4, -0.2) is 53.5 Å². The van der Waals surface area contributed by atoms with E-state index in [-0.39, 0.29) is 5.54 Å². The fourth-order valence-corrected chi connectivity index (χ4v) is 5.52. The number of para-hydroxylation sites is 1. The van der Waals surface area contributed by atoms with Crippen molar-refractivity contribution in [3.8, 4) is 0 Å². The number of guanidine groups is 2. The molecule has 9 heteroatoms. The summed E-state index contributed by atoms with van der Waals surface area (Å²) in [4.78, 5) is 17.0. The highest BCUT2D eigenvalue weighted by Crippen LogP contribution is 2.35. The summed E-state index contributed by atoms with van der Waals surface area (Å²) in [7, 11) is 0. The number of piperazine rings is 1. The number of rotatable bonds is 5. The Morgan fingerprint density at radius 3 is 2.58 bits per heavy atom. The van der Waals surface area contributed by atoms with Gasteiger partial charge >= 0.3 is 0 Å². The van der Waals surface area contributed by atoms with E-state index in [1.54, 1.807) is 11.3 Å². The van der Waals surface area contributed by atoms with Crippen LogP contribution in [-0.2, 0) is 12.2 Å². The minimum absolute atomic E-state index is 0.274. The molecular weight excluding hydrogens is 432 g/mol. The topological polar surface area (TPSA) is 103 Å². The lowest BCUT2D eigenvalue weighted by Crippen LogP contribution is -2.65. The second-order valence-electron chi connectivity index (χ2n) is 9.12. The maximum Gasteiger partial charge on any atom is 0.247 e. The molecule has 0 amide bonds. The van der Waals surface area contributed by atoms with Crippen molar-refractivity contribution in [3.63, 3.8) is 0 Å². The van der Waals surface area contributed by atoms with Crippen LogP contribution in [0, 0.1) is 0 Å². The van der Waals surface area contributed by atoms with Crippen molar-refractivity contribution in [2.45, 2.75) is 31.6 Å². The summed E-state index contributed by atoms with van der Waals surface area (Å²) in [5, 5.41) is 11.2. The van der Waals surface area contributed by atoms with Gasteiger partial charge in [-0.3, -0.25) is 4.90 Å². The minimum Gasteiger partial charge on any atom is -0.369 e. The van der Waals surface area contributed by atoms with Gasteiger partial charge in [-0.15, -0.1) is 11.3 Å². The molecule has 1 aromatic heterocycles. The van der Waals surface area contributed by atoms with Crippen LogP contribution < -0.4 is 21.7 Å². The molecule has 2 aliphatic rings. The normalized spacial score (nSPS) is 21.9. The Morgan fingerprint density at radius 2 is 1.82 bits per heavy atom. The summed E-state index contributed by atoms with van der Waals surface area (Å²) in [6, 6.07) is 18.6. The van der Waals surface area contributed by atoms with Gasteiger partial charge < -0.3 is 21.7 Å². The number of hydrogen-bond donors (Lipinski definition) is 4. The first kappa shape index (κ1) is 21.8. The Labute approximate surface area is 198 Å². The molecule has 1 saturated heterocycles. The highest BCUT2D eigenvalue weighted by atomic mass is 32.1. The molecule has 3 heterocycles. The molecule has 8 nitrogen and oxygen atoms in total. The molecule has 3 aromatic rings. The van der Waals surface area contributed by atoms with Crippen LogP contribution in [0.4, 0.5) is 0 Å². The van der Waals surface area contributed by atoms with E-state index in [0.29, 0.717) is 11.9 Å². The molecule has 2 aromatic carbocycles. The Morgan fingerprint density at radius 1 is 1.09 bits per heavy atom. The molecule has 1 fully saturated rings. The lowest BCUT2D eigenvalue weighted by molar-refractivity contribution is 0.0617. The molecule has 1 unspecified atom stereocenters. The second-order valence-corrected chi connectivity index (χ2v) is 10.2. The fraction of sp³-hybridized carbons (Fsp3) is 0.375. The van der Waals surface area contributed by atoms with Gasteiger partial charge in [0.15, 0.2) is 11.0 Å². The van der Waals surface area contributed by atoms with E-state index < -0.39 is 5.79 Å². The summed E-state index contributed by atoms with van der Waals surface area (Å²) < 4.78 is 1.12. The third kappa shape index (κ3) is 4.57. The van der Waals surface area contributed by atoms with E-state index >= 15 is 0 Å². The lowest BCUT2D eigenvalue weighted by Gasteiger charge is -2.44. The van der Waals surface area contributed by atoms with E-state index in [0.717, 1.165) is 47.8 Å². The predicted octanol–water partition coefficient (Wildman–Crippen LogP) is 2.20. The predicted molar refractivity (Wildman–Crippen MR) is 135 cm³/mol. The molecule has 0 aliphatic carbocycles. The molecular formula is C24H30N8S. The maximum atomic E-state index is 6.36. The van der Waals surface area contributed by atoms with Crippen LogP contribution >= 0.6 is 11.3 Å². The number of benzene rings is 2. The fourth-order valence-electron chi connectivity index (χ4n) is 4.43. The summed E-state index contributed by atoms with van der Waals surface area (Å²) in [6.45, 7) is 7.70. The zero-order chi connectivity index (χ0) is 22.9. The zero-order valence-electron chi connectivity index (χ0n) is 19.0. The summed E-state index contributed by atoms with van der Waals surface area (Å²) in [6.07, 6.45) is 0.831. The van der Waals surface area contributed by atoms with Crippen molar-refractivity contribution in [2.24, 2.45) is 15.7 Å².